The van der Waals surface area contributed by atoms with Crippen LogP contribution >= 0.6 is 0 Å². The van der Waals surface area contributed by atoms with Crippen molar-refractivity contribution in [3.05, 3.63) is 77.4 Å². The number of nitrogens with zero attached hydrogens (tertiary/aromatic N) is 1. The van der Waals surface area contributed by atoms with Crippen LogP contribution in [0.1, 0.15) is 23.6 Å². The van der Waals surface area contributed by atoms with Gasteiger partial charge in [-0.1, -0.05) is 25.1 Å². The number of nitrogens with one attached hydrogen (secondary N) is 1. The molecule has 3 aromatic rings. The van der Waals surface area contributed by atoms with Crippen molar-refractivity contribution in [3.63, 3.8) is 0 Å². The van der Waals surface area contributed by atoms with Gasteiger partial charge in [-0.15, -0.1) is 0 Å². The first-order valence-electron chi connectivity index (χ1n) is 12.0. The maximum absolute atomic E-state index is 13.8. The molecule has 0 atom stereocenters. The van der Waals surface area contributed by atoms with Crippen molar-refractivity contribution in [1.82, 2.24) is 5.32 Å². The number of hydrogen-bond donors (Lipinski definition) is 1. The fourth-order valence-electron chi connectivity index (χ4n) is 3.88. The van der Waals surface area contributed by atoms with Crippen molar-refractivity contribution in [2.24, 2.45) is 0 Å². The lowest BCUT2D eigenvalue weighted by molar-refractivity contribution is -0.119. The summed E-state index contributed by atoms with van der Waals surface area (Å²) in [7, 11) is -1.21. The van der Waals surface area contributed by atoms with Crippen molar-refractivity contribution < 1.29 is 27.4 Å². The van der Waals surface area contributed by atoms with Crippen molar-refractivity contribution in [1.29, 1.82) is 0 Å². The Morgan fingerprint density at radius 2 is 1.54 bits per heavy atom. The molecule has 198 valence electrons. The molecule has 1 N–H and O–H groups in total. The van der Waals surface area contributed by atoms with Gasteiger partial charge < -0.3 is 19.5 Å². The number of sulfonamides is 1. The Hall–Kier alpha value is -3.72. The summed E-state index contributed by atoms with van der Waals surface area (Å²) in [5.74, 6) is 0.937. The fourth-order valence-corrected chi connectivity index (χ4v) is 5.30. The van der Waals surface area contributed by atoms with Gasteiger partial charge in [0.05, 0.1) is 31.3 Å². The van der Waals surface area contributed by atoms with Gasteiger partial charge in [0.25, 0.3) is 10.0 Å². The second-order valence-corrected chi connectivity index (χ2v) is 10.4. The Labute approximate surface area is 219 Å². The maximum atomic E-state index is 13.8. The third kappa shape index (κ3) is 7.16. The van der Waals surface area contributed by atoms with Gasteiger partial charge in [0.15, 0.2) is 11.5 Å². The van der Waals surface area contributed by atoms with Gasteiger partial charge in [-0.05, 0) is 73.4 Å². The minimum atomic E-state index is -4.11. The number of benzene rings is 3. The van der Waals surface area contributed by atoms with Gasteiger partial charge in [-0.3, -0.25) is 9.10 Å². The highest BCUT2D eigenvalue weighted by Gasteiger charge is 2.28. The predicted molar refractivity (Wildman–Crippen MR) is 144 cm³/mol. The van der Waals surface area contributed by atoms with Crippen LogP contribution < -0.4 is 23.8 Å². The molecule has 37 heavy (non-hydrogen) atoms. The summed E-state index contributed by atoms with van der Waals surface area (Å²) in [6.07, 6.45) is 0.944. The van der Waals surface area contributed by atoms with E-state index in [1.165, 1.54) is 38.0 Å². The molecule has 3 rings (SSSR count). The minimum absolute atomic E-state index is 0.0176. The lowest BCUT2D eigenvalue weighted by atomic mass is 10.1. The number of hydrogen-bond acceptors (Lipinski definition) is 6. The Bertz CT molecular complexity index is 1300. The van der Waals surface area contributed by atoms with Crippen LogP contribution in [0, 0.1) is 13.8 Å². The quantitative estimate of drug-likeness (QED) is 0.354. The average Bonchev–Trinajstić information content (AvgIpc) is 2.88. The minimum Gasteiger partial charge on any atom is -0.493 e. The maximum Gasteiger partial charge on any atom is 0.264 e. The molecular weight excluding hydrogens is 492 g/mol. The number of ether oxygens (including phenoxy) is 3. The van der Waals surface area contributed by atoms with Crippen LogP contribution in [0.2, 0.25) is 0 Å². The van der Waals surface area contributed by atoms with Gasteiger partial charge in [0, 0.05) is 6.07 Å². The van der Waals surface area contributed by atoms with Crippen LogP contribution in [0.5, 0.6) is 17.2 Å². The van der Waals surface area contributed by atoms with Crippen molar-refractivity contribution in [3.8, 4) is 17.2 Å². The van der Waals surface area contributed by atoms with Gasteiger partial charge in [-0.2, -0.15) is 0 Å². The normalized spacial score (nSPS) is 11.1. The lowest BCUT2D eigenvalue weighted by Gasteiger charge is -2.25. The summed E-state index contributed by atoms with van der Waals surface area (Å²) in [5.41, 5.74) is 3.37. The number of aryl methyl sites for hydroxylation is 3. The summed E-state index contributed by atoms with van der Waals surface area (Å²) in [6, 6.07) is 17.5. The van der Waals surface area contributed by atoms with E-state index in [1.807, 2.05) is 44.2 Å². The molecule has 0 heterocycles. The SMILES string of the molecule is CCc1ccc(OCCNC(=O)CN(c2cc(C)cc(C)c2)S(=O)(=O)c2ccc(OC)c(OC)c2)cc1. The summed E-state index contributed by atoms with van der Waals surface area (Å²) in [6.45, 7) is 5.92. The smallest absolute Gasteiger partial charge is 0.264 e. The fraction of sp³-hybridized carbons (Fsp3) is 0.321. The number of anilines is 1. The molecule has 0 fully saturated rings. The molecule has 8 nitrogen and oxygen atoms in total. The summed E-state index contributed by atoms with van der Waals surface area (Å²) in [5, 5.41) is 2.75. The number of methoxy groups -OCH3 is 2. The second-order valence-electron chi connectivity index (χ2n) is 8.57. The number of amides is 1. The highest BCUT2D eigenvalue weighted by atomic mass is 32.2. The Morgan fingerprint density at radius 3 is 2.14 bits per heavy atom. The van der Waals surface area contributed by atoms with Crippen molar-refractivity contribution in [2.75, 3.05) is 38.2 Å². The molecule has 0 bridgehead atoms. The zero-order chi connectivity index (χ0) is 27.0. The molecule has 0 aliphatic carbocycles. The average molecular weight is 527 g/mol. The topological polar surface area (TPSA) is 94.2 Å². The van der Waals surface area contributed by atoms with Gasteiger partial charge in [-0.25, -0.2) is 8.42 Å². The first-order chi connectivity index (χ1) is 17.7. The van der Waals surface area contributed by atoms with E-state index >= 15 is 0 Å². The Morgan fingerprint density at radius 1 is 0.892 bits per heavy atom. The van der Waals surface area contributed by atoms with Crippen LogP contribution in [0.15, 0.2) is 65.6 Å². The van der Waals surface area contributed by atoms with E-state index in [9.17, 15) is 13.2 Å². The molecular formula is C28H34N2O6S. The van der Waals surface area contributed by atoms with Crippen LogP contribution in [-0.4, -0.2) is 48.2 Å². The number of rotatable bonds is 12. The lowest BCUT2D eigenvalue weighted by Crippen LogP contribution is -2.42. The van der Waals surface area contributed by atoms with E-state index in [4.69, 9.17) is 14.2 Å². The third-order valence-electron chi connectivity index (χ3n) is 5.75. The summed E-state index contributed by atoms with van der Waals surface area (Å²) < 4.78 is 44.8. The van der Waals surface area contributed by atoms with Crippen LogP contribution in [0.3, 0.4) is 0 Å². The van der Waals surface area contributed by atoms with E-state index in [2.05, 4.69) is 12.2 Å². The molecule has 0 aliphatic heterocycles. The monoisotopic (exact) mass is 526 g/mol. The predicted octanol–water partition coefficient (Wildman–Crippen LogP) is 4.27. The standard InChI is InChI=1S/C28H34N2O6S/c1-6-22-7-9-24(10-8-22)36-14-13-29-28(31)19-30(23-16-20(2)15-21(3)17-23)37(32,33)25-11-12-26(34-4)27(18-25)35-5/h7-12,15-18H,6,13-14,19H2,1-5H3,(H,29,31). The van der Waals surface area contributed by atoms with E-state index in [0.29, 0.717) is 17.2 Å². The van der Waals surface area contributed by atoms with E-state index in [1.54, 1.807) is 12.1 Å². The van der Waals surface area contributed by atoms with E-state index in [-0.39, 0.29) is 23.8 Å². The summed E-state index contributed by atoms with van der Waals surface area (Å²) >= 11 is 0. The van der Waals surface area contributed by atoms with Crippen molar-refractivity contribution in [2.45, 2.75) is 32.1 Å². The first-order valence-corrected chi connectivity index (χ1v) is 13.4. The highest BCUT2D eigenvalue weighted by molar-refractivity contribution is 7.92. The molecule has 3 aromatic carbocycles. The highest BCUT2D eigenvalue weighted by Crippen LogP contribution is 2.32. The van der Waals surface area contributed by atoms with Crippen LogP contribution in [0.4, 0.5) is 5.69 Å². The number of carbonyl (C=O) groups excluding carboxylic acids is 1. The third-order valence-corrected chi connectivity index (χ3v) is 7.52. The van der Waals surface area contributed by atoms with E-state index < -0.39 is 22.5 Å². The molecule has 0 unspecified atom stereocenters. The molecule has 1 amide bonds. The molecule has 0 spiro atoms. The molecule has 0 aliphatic rings. The Balaban J connectivity index is 1.78. The van der Waals surface area contributed by atoms with Crippen LogP contribution in [0.25, 0.3) is 0 Å². The zero-order valence-corrected chi connectivity index (χ0v) is 22.7. The van der Waals surface area contributed by atoms with Crippen LogP contribution in [-0.2, 0) is 21.2 Å². The van der Waals surface area contributed by atoms with Gasteiger partial charge in [0.1, 0.15) is 18.9 Å². The molecule has 0 radical (unpaired) electrons. The van der Waals surface area contributed by atoms with E-state index in [0.717, 1.165) is 21.9 Å². The largest absolute Gasteiger partial charge is 0.493 e. The molecule has 0 aromatic heterocycles. The Kier molecular flexibility index (Phi) is 9.41. The first kappa shape index (κ1) is 27.9. The van der Waals surface area contributed by atoms with Gasteiger partial charge in [0.2, 0.25) is 5.91 Å². The summed E-state index contributed by atoms with van der Waals surface area (Å²) in [4.78, 5) is 12.9. The zero-order valence-electron chi connectivity index (χ0n) is 21.9. The molecule has 9 heteroatoms. The second kappa shape index (κ2) is 12.5. The number of carbonyl (C=O) groups is 1. The van der Waals surface area contributed by atoms with Gasteiger partial charge >= 0.3 is 0 Å². The molecule has 0 saturated carbocycles. The van der Waals surface area contributed by atoms with Crippen molar-refractivity contribution >= 4 is 21.6 Å². The molecule has 0 saturated heterocycles.